The summed E-state index contributed by atoms with van der Waals surface area (Å²) in [6.07, 6.45) is 1.69. The van der Waals surface area contributed by atoms with Gasteiger partial charge in [0.05, 0.1) is 24.4 Å². The fraction of sp³-hybridized carbons (Fsp3) is 0.450. The van der Waals surface area contributed by atoms with Gasteiger partial charge in [-0.1, -0.05) is 49.9 Å². The van der Waals surface area contributed by atoms with Crippen molar-refractivity contribution in [3.63, 3.8) is 0 Å². The molecule has 1 aliphatic carbocycles. The van der Waals surface area contributed by atoms with Gasteiger partial charge in [-0.3, -0.25) is 14.2 Å². The molecular formula is C20H22N2O3S. The SMILES string of the molecule is CCOC(=O)[C@@H]1Cn2c(nc3c(c2=O)[C@@](C)(CC)Cc2ccccc2-3)S1. The van der Waals surface area contributed by atoms with Crippen LogP contribution in [0.3, 0.4) is 0 Å². The number of thioether (sulfide) groups is 1. The van der Waals surface area contributed by atoms with Crippen LogP contribution in [0.1, 0.15) is 38.3 Å². The molecular weight excluding hydrogens is 348 g/mol. The molecule has 4 rings (SSSR count). The molecule has 1 aromatic carbocycles. The van der Waals surface area contributed by atoms with Crippen LogP contribution >= 0.6 is 11.8 Å². The van der Waals surface area contributed by atoms with Crippen molar-refractivity contribution in [3.8, 4) is 11.3 Å². The summed E-state index contributed by atoms with van der Waals surface area (Å²) in [4.78, 5) is 30.4. The van der Waals surface area contributed by atoms with Crippen molar-refractivity contribution in [2.75, 3.05) is 6.61 Å². The minimum absolute atomic E-state index is 0.0110. The molecule has 2 aliphatic rings. The largest absolute Gasteiger partial charge is 0.465 e. The van der Waals surface area contributed by atoms with Crippen molar-refractivity contribution in [1.29, 1.82) is 0 Å². The van der Waals surface area contributed by atoms with Gasteiger partial charge in [-0.05, 0) is 25.3 Å². The van der Waals surface area contributed by atoms with Gasteiger partial charge >= 0.3 is 5.97 Å². The smallest absolute Gasteiger partial charge is 0.321 e. The van der Waals surface area contributed by atoms with E-state index in [1.807, 2.05) is 18.2 Å². The van der Waals surface area contributed by atoms with Crippen molar-refractivity contribution in [2.24, 2.45) is 0 Å². The Morgan fingerprint density at radius 2 is 2.15 bits per heavy atom. The summed E-state index contributed by atoms with van der Waals surface area (Å²) in [6, 6.07) is 8.17. The zero-order valence-corrected chi connectivity index (χ0v) is 16.1. The Labute approximate surface area is 156 Å². The number of hydrogen-bond acceptors (Lipinski definition) is 5. The molecule has 0 spiro atoms. The van der Waals surface area contributed by atoms with E-state index in [-0.39, 0.29) is 16.9 Å². The van der Waals surface area contributed by atoms with E-state index in [9.17, 15) is 9.59 Å². The van der Waals surface area contributed by atoms with Crippen LogP contribution in [-0.2, 0) is 27.9 Å². The van der Waals surface area contributed by atoms with Crippen LogP contribution < -0.4 is 5.56 Å². The van der Waals surface area contributed by atoms with E-state index in [1.54, 1.807) is 11.5 Å². The maximum absolute atomic E-state index is 13.4. The highest BCUT2D eigenvalue weighted by atomic mass is 32.2. The van der Waals surface area contributed by atoms with E-state index >= 15 is 0 Å². The zero-order valence-electron chi connectivity index (χ0n) is 15.2. The lowest BCUT2D eigenvalue weighted by Gasteiger charge is -2.35. The van der Waals surface area contributed by atoms with Gasteiger partial charge in [0.15, 0.2) is 5.16 Å². The van der Waals surface area contributed by atoms with Crippen LogP contribution in [0.15, 0.2) is 34.2 Å². The highest BCUT2D eigenvalue weighted by Crippen LogP contribution is 2.44. The summed E-state index contributed by atoms with van der Waals surface area (Å²) in [6.45, 7) is 6.72. The van der Waals surface area contributed by atoms with Gasteiger partial charge in [0.25, 0.3) is 5.56 Å². The number of esters is 1. The van der Waals surface area contributed by atoms with Crippen LogP contribution in [0.4, 0.5) is 0 Å². The molecule has 2 aromatic rings. The molecule has 1 aromatic heterocycles. The number of carbonyl (C=O) groups is 1. The van der Waals surface area contributed by atoms with Crippen molar-refractivity contribution < 1.29 is 9.53 Å². The van der Waals surface area contributed by atoms with Crippen LogP contribution in [0.5, 0.6) is 0 Å². The molecule has 6 heteroatoms. The van der Waals surface area contributed by atoms with Gasteiger partial charge in [-0.2, -0.15) is 0 Å². The van der Waals surface area contributed by atoms with Gasteiger partial charge in [-0.25, -0.2) is 4.98 Å². The fourth-order valence-corrected chi connectivity index (χ4v) is 5.00. The topological polar surface area (TPSA) is 61.2 Å². The molecule has 1 aliphatic heterocycles. The summed E-state index contributed by atoms with van der Waals surface area (Å²) < 4.78 is 6.80. The maximum Gasteiger partial charge on any atom is 0.321 e. The normalized spacial score (nSPS) is 23.1. The molecule has 0 radical (unpaired) electrons. The minimum atomic E-state index is -0.401. The molecule has 136 valence electrons. The number of hydrogen-bond donors (Lipinski definition) is 0. The molecule has 0 unspecified atom stereocenters. The molecule has 0 fully saturated rings. The van der Waals surface area contributed by atoms with Crippen LogP contribution in [0, 0.1) is 0 Å². The Morgan fingerprint density at radius 3 is 2.88 bits per heavy atom. The predicted octanol–water partition coefficient (Wildman–Crippen LogP) is 3.17. The van der Waals surface area contributed by atoms with E-state index in [0.29, 0.717) is 18.3 Å². The molecule has 0 bridgehead atoms. The fourth-order valence-electron chi connectivity index (χ4n) is 3.93. The summed E-state index contributed by atoms with van der Waals surface area (Å²) in [5.74, 6) is -0.279. The third-order valence-corrected chi connectivity index (χ3v) is 6.67. The lowest BCUT2D eigenvalue weighted by atomic mass is 9.69. The number of aromatic nitrogens is 2. The molecule has 2 atom stereocenters. The number of fused-ring (bicyclic) bond motifs is 4. The Hall–Kier alpha value is -2.08. The molecule has 0 saturated heterocycles. The van der Waals surface area contributed by atoms with Crippen LogP contribution in [-0.4, -0.2) is 27.4 Å². The average Bonchev–Trinajstić information content (AvgIpc) is 3.07. The third kappa shape index (κ3) is 2.50. The highest BCUT2D eigenvalue weighted by molar-refractivity contribution is 8.00. The predicted molar refractivity (Wildman–Crippen MR) is 102 cm³/mol. The van der Waals surface area contributed by atoms with Crippen LogP contribution in [0.25, 0.3) is 11.3 Å². The van der Waals surface area contributed by atoms with Gasteiger partial charge in [0, 0.05) is 11.0 Å². The second-order valence-electron chi connectivity index (χ2n) is 7.14. The molecule has 0 N–H and O–H groups in total. The Morgan fingerprint density at radius 1 is 1.38 bits per heavy atom. The average molecular weight is 370 g/mol. The monoisotopic (exact) mass is 370 g/mol. The molecule has 0 amide bonds. The van der Waals surface area contributed by atoms with Gasteiger partial charge in [0.2, 0.25) is 0 Å². The van der Waals surface area contributed by atoms with Crippen molar-refractivity contribution >= 4 is 17.7 Å². The molecule has 2 heterocycles. The maximum atomic E-state index is 13.4. The van der Waals surface area contributed by atoms with Crippen LogP contribution in [0.2, 0.25) is 0 Å². The third-order valence-electron chi connectivity index (χ3n) is 5.52. The minimum Gasteiger partial charge on any atom is -0.465 e. The Bertz CT molecular complexity index is 953. The van der Waals surface area contributed by atoms with E-state index in [1.165, 1.54) is 17.3 Å². The summed E-state index contributed by atoms with van der Waals surface area (Å²) in [7, 11) is 0. The van der Waals surface area contributed by atoms with E-state index in [2.05, 4.69) is 19.9 Å². The van der Waals surface area contributed by atoms with Gasteiger partial charge < -0.3 is 4.74 Å². The Balaban J connectivity index is 1.89. The standard InChI is InChI=1S/C20H22N2O3S/c1-4-20(3)10-12-8-6-7-9-13(12)16-15(20)17(23)22-11-14(18(24)25-5-2)26-19(22)21-16/h6-9,14H,4-5,10-11H2,1-3H3/t14-,20-/m0/s1. The number of ether oxygens (including phenoxy) is 1. The first-order valence-electron chi connectivity index (χ1n) is 9.05. The number of nitrogens with zero attached hydrogens (tertiary/aromatic N) is 2. The summed E-state index contributed by atoms with van der Waals surface area (Å²) in [5, 5.41) is 0.212. The van der Waals surface area contributed by atoms with Gasteiger partial charge in [-0.15, -0.1) is 0 Å². The van der Waals surface area contributed by atoms with Crippen molar-refractivity contribution in [3.05, 3.63) is 45.7 Å². The summed E-state index contributed by atoms with van der Waals surface area (Å²) >= 11 is 1.33. The van der Waals surface area contributed by atoms with Crippen molar-refractivity contribution in [1.82, 2.24) is 9.55 Å². The molecule has 26 heavy (non-hydrogen) atoms. The lowest BCUT2D eigenvalue weighted by molar-refractivity contribution is -0.142. The second-order valence-corrected chi connectivity index (χ2v) is 8.31. The zero-order chi connectivity index (χ0) is 18.5. The molecule has 5 nitrogen and oxygen atoms in total. The lowest BCUT2D eigenvalue weighted by Crippen LogP contribution is -2.39. The van der Waals surface area contributed by atoms with E-state index in [0.717, 1.165) is 29.7 Å². The quantitative estimate of drug-likeness (QED) is 0.613. The second kappa shape index (κ2) is 6.27. The van der Waals surface area contributed by atoms with Crippen molar-refractivity contribution in [2.45, 2.75) is 56.0 Å². The first-order valence-corrected chi connectivity index (χ1v) is 9.93. The first kappa shape index (κ1) is 17.3. The van der Waals surface area contributed by atoms with Gasteiger partial charge in [0.1, 0.15) is 5.25 Å². The summed E-state index contributed by atoms with van der Waals surface area (Å²) in [5.41, 5.74) is 3.57. The highest BCUT2D eigenvalue weighted by Gasteiger charge is 2.41. The number of rotatable bonds is 3. The van der Waals surface area contributed by atoms with E-state index in [4.69, 9.17) is 9.72 Å². The molecule has 0 saturated carbocycles. The number of benzene rings is 1. The Kier molecular flexibility index (Phi) is 4.18. The van der Waals surface area contributed by atoms with E-state index < -0.39 is 5.25 Å². The number of carbonyl (C=O) groups excluding carboxylic acids is 1. The first-order chi connectivity index (χ1) is 12.5.